The molecule has 1 heterocycles. The van der Waals surface area contributed by atoms with Crippen LogP contribution in [0.5, 0.6) is 0 Å². The van der Waals surface area contributed by atoms with Crippen LogP contribution in [0.25, 0.3) is 0 Å². The van der Waals surface area contributed by atoms with Gasteiger partial charge in [0.05, 0.1) is 16.6 Å². The van der Waals surface area contributed by atoms with Gasteiger partial charge in [0.15, 0.2) is 0 Å². The monoisotopic (exact) mass is 385 g/mol. The lowest BCUT2D eigenvalue weighted by molar-refractivity contribution is -0.126. The summed E-state index contributed by atoms with van der Waals surface area (Å²) in [5.41, 5.74) is 2.93. The van der Waals surface area contributed by atoms with Crippen LogP contribution < -0.4 is 10.2 Å². The highest BCUT2D eigenvalue weighted by molar-refractivity contribution is 6.33. The molecule has 27 heavy (non-hydrogen) atoms. The van der Waals surface area contributed by atoms with Crippen molar-refractivity contribution in [3.63, 3.8) is 0 Å². The average Bonchev–Trinajstić information content (AvgIpc) is 3.02. The Labute approximate surface area is 164 Å². The van der Waals surface area contributed by atoms with Gasteiger partial charge in [-0.3, -0.25) is 9.59 Å². The number of benzene rings is 2. The fourth-order valence-electron chi connectivity index (χ4n) is 3.25. The maximum atomic E-state index is 12.5. The van der Waals surface area contributed by atoms with E-state index in [1.807, 2.05) is 38.4 Å². The van der Waals surface area contributed by atoms with E-state index < -0.39 is 0 Å². The molecule has 1 saturated heterocycles. The fraction of sp³-hybridized carbons (Fsp3) is 0.333. The molecule has 0 aromatic heterocycles. The van der Waals surface area contributed by atoms with Crippen molar-refractivity contribution in [1.82, 2.24) is 10.2 Å². The van der Waals surface area contributed by atoms with Crippen molar-refractivity contribution < 1.29 is 9.59 Å². The third-order valence-corrected chi connectivity index (χ3v) is 4.95. The van der Waals surface area contributed by atoms with Crippen molar-refractivity contribution in [2.45, 2.75) is 19.5 Å². The number of anilines is 1. The molecule has 0 radical (unpaired) electrons. The quantitative estimate of drug-likeness (QED) is 0.831. The zero-order chi connectivity index (χ0) is 19.4. The number of amides is 2. The minimum Gasteiger partial charge on any atom is -0.352 e. The minimum atomic E-state index is -0.359. The van der Waals surface area contributed by atoms with E-state index in [1.54, 1.807) is 17.0 Å². The lowest BCUT2D eigenvalue weighted by atomic mass is 10.1. The summed E-state index contributed by atoms with van der Waals surface area (Å²) in [5.74, 6) is -0.534. The summed E-state index contributed by atoms with van der Waals surface area (Å²) < 4.78 is 0. The van der Waals surface area contributed by atoms with Crippen molar-refractivity contribution in [3.05, 3.63) is 64.7 Å². The maximum absolute atomic E-state index is 12.5. The van der Waals surface area contributed by atoms with Crippen LogP contribution >= 0.6 is 11.6 Å². The Morgan fingerprint density at radius 1 is 1.15 bits per heavy atom. The second kappa shape index (κ2) is 8.55. The van der Waals surface area contributed by atoms with Gasteiger partial charge in [0.25, 0.3) is 0 Å². The van der Waals surface area contributed by atoms with Gasteiger partial charge in [-0.25, -0.2) is 0 Å². The van der Waals surface area contributed by atoms with Crippen molar-refractivity contribution in [2.75, 3.05) is 25.5 Å². The van der Waals surface area contributed by atoms with Crippen LogP contribution in [0.4, 0.5) is 5.69 Å². The number of hydrogen-bond acceptors (Lipinski definition) is 3. The van der Waals surface area contributed by atoms with E-state index >= 15 is 0 Å². The standard InChI is InChI=1S/C21H24ClN3O2/c1-24(2)13-16-9-7-15(8-10-16)12-23-21(27)17-11-20(26)25(14-17)19-6-4-3-5-18(19)22/h3-10,17H,11-14H2,1-2H3,(H,23,27). The number of rotatable bonds is 6. The molecular formula is C21H24ClN3O2. The highest BCUT2D eigenvalue weighted by atomic mass is 35.5. The Morgan fingerprint density at radius 2 is 1.81 bits per heavy atom. The molecule has 6 heteroatoms. The number of carbonyl (C=O) groups is 2. The van der Waals surface area contributed by atoms with Gasteiger partial charge in [0.2, 0.25) is 11.8 Å². The number of hydrogen-bond donors (Lipinski definition) is 1. The highest BCUT2D eigenvalue weighted by Crippen LogP contribution is 2.31. The summed E-state index contributed by atoms with van der Waals surface area (Å²) in [4.78, 5) is 28.5. The van der Waals surface area contributed by atoms with Gasteiger partial charge in [0, 0.05) is 26.1 Å². The van der Waals surface area contributed by atoms with Crippen molar-refractivity contribution in [2.24, 2.45) is 5.92 Å². The first-order valence-electron chi connectivity index (χ1n) is 8.99. The van der Waals surface area contributed by atoms with Gasteiger partial charge in [-0.2, -0.15) is 0 Å². The molecule has 2 aromatic carbocycles. The Morgan fingerprint density at radius 3 is 2.48 bits per heavy atom. The predicted molar refractivity (Wildman–Crippen MR) is 108 cm³/mol. The molecule has 142 valence electrons. The van der Waals surface area contributed by atoms with Crippen LogP contribution in [0.1, 0.15) is 17.5 Å². The summed E-state index contributed by atoms with van der Waals surface area (Å²) in [5, 5.41) is 3.47. The van der Waals surface area contributed by atoms with Gasteiger partial charge in [-0.1, -0.05) is 48.0 Å². The second-order valence-corrected chi connectivity index (χ2v) is 7.54. The first-order chi connectivity index (χ1) is 12.9. The Kier molecular flexibility index (Phi) is 6.14. The van der Waals surface area contributed by atoms with Gasteiger partial charge in [0.1, 0.15) is 0 Å². The molecule has 1 aliphatic rings. The van der Waals surface area contributed by atoms with Crippen LogP contribution in [-0.4, -0.2) is 37.4 Å². The van der Waals surface area contributed by atoms with E-state index in [1.165, 1.54) is 5.56 Å². The van der Waals surface area contributed by atoms with Crippen molar-refractivity contribution in [3.8, 4) is 0 Å². The molecule has 0 spiro atoms. The Bertz CT molecular complexity index is 820. The molecule has 2 amide bonds. The minimum absolute atomic E-state index is 0.0729. The molecule has 1 aliphatic heterocycles. The Hall–Kier alpha value is -2.37. The molecule has 0 saturated carbocycles. The first kappa shape index (κ1) is 19.4. The van der Waals surface area contributed by atoms with Crippen LogP contribution in [0.15, 0.2) is 48.5 Å². The zero-order valence-electron chi connectivity index (χ0n) is 15.6. The SMILES string of the molecule is CN(C)Cc1ccc(CNC(=O)C2CC(=O)N(c3ccccc3Cl)C2)cc1. The van der Waals surface area contributed by atoms with Gasteiger partial charge < -0.3 is 15.1 Å². The molecule has 1 N–H and O–H groups in total. The molecule has 1 atom stereocenters. The molecule has 2 aromatic rings. The van der Waals surface area contributed by atoms with E-state index in [2.05, 4.69) is 22.3 Å². The smallest absolute Gasteiger partial charge is 0.227 e. The molecule has 1 fully saturated rings. The van der Waals surface area contributed by atoms with Gasteiger partial charge in [-0.05, 0) is 37.4 Å². The number of nitrogens with zero attached hydrogens (tertiary/aromatic N) is 2. The molecule has 5 nitrogen and oxygen atoms in total. The summed E-state index contributed by atoms with van der Waals surface area (Å²) in [6.45, 7) is 1.70. The number of halogens is 1. The lowest BCUT2D eigenvalue weighted by Crippen LogP contribution is -2.32. The molecule has 1 unspecified atom stereocenters. The van der Waals surface area contributed by atoms with E-state index in [4.69, 9.17) is 11.6 Å². The van der Waals surface area contributed by atoms with Gasteiger partial charge >= 0.3 is 0 Å². The molecule has 0 bridgehead atoms. The summed E-state index contributed by atoms with van der Waals surface area (Å²) in [7, 11) is 4.06. The molecular weight excluding hydrogens is 362 g/mol. The van der Waals surface area contributed by atoms with E-state index in [-0.39, 0.29) is 24.2 Å². The fourth-order valence-corrected chi connectivity index (χ4v) is 3.49. The third kappa shape index (κ3) is 4.87. The average molecular weight is 386 g/mol. The third-order valence-electron chi connectivity index (χ3n) is 4.63. The van der Waals surface area contributed by atoms with Crippen LogP contribution in [0, 0.1) is 5.92 Å². The lowest BCUT2D eigenvalue weighted by Gasteiger charge is -2.18. The molecule has 3 rings (SSSR count). The predicted octanol–water partition coefficient (Wildman–Crippen LogP) is 3.07. The van der Waals surface area contributed by atoms with Crippen molar-refractivity contribution >= 4 is 29.1 Å². The summed E-state index contributed by atoms with van der Waals surface area (Å²) in [6, 6.07) is 15.4. The maximum Gasteiger partial charge on any atom is 0.227 e. The number of nitrogens with one attached hydrogen (secondary N) is 1. The highest BCUT2D eigenvalue weighted by Gasteiger charge is 2.35. The van der Waals surface area contributed by atoms with Crippen LogP contribution in [-0.2, 0) is 22.7 Å². The van der Waals surface area contributed by atoms with E-state index in [9.17, 15) is 9.59 Å². The van der Waals surface area contributed by atoms with E-state index in [0.717, 1.165) is 12.1 Å². The largest absolute Gasteiger partial charge is 0.352 e. The summed E-state index contributed by atoms with van der Waals surface area (Å²) in [6.07, 6.45) is 0.207. The molecule has 0 aliphatic carbocycles. The second-order valence-electron chi connectivity index (χ2n) is 7.13. The topological polar surface area (TPSA) is 52.7 Å². The zero-order valence-corrected chi connectivity index (χ0v) is 16.4. The van der Waals surface area contributed by atoms with Crippen LogP contribution in [0.2, 0.25) is 5.02 Å². The summed E-state index contributed by atoms with van der Waals surface area (Å²) >= 11 is 6.18. The number of carbonyl (C=O) groups excluding carboxylic acids is 2. The van der Waals surface area contributed by atoms with Crippen molar-refractivity contribution in [1.29, 1.82) is 0 Å². The first-order valence-corrected chi connectivity index (χ1v) is 9.37. The van der Waals surface area contributed by atoms with Crippen LogP contribution in [0.3, 0.4) is 0 Å². The Balaban J connectivity index is 1.56. The number of para-hydroxylation sites is 1. The van der Waals surface area contributed by atoms with Gasteiger partial charge in [-0.15, -0.1) is 0 Å². The van der Waals surface area contributed by atoms with E-state index in [0.29, 0.717) is 23.8 Å². The normalized spacial score (nSPS) is 16.8.